The number of Topliss-reactive ketones (excluding diaryl/α,β-unsaturated/α-hetero) is 1. The topological polar surface area (TPSA) is 29.1 Å². The van der Waals surface area contributed by atoms with Crippen LogP contribution in [0.1, 0.15) is 12.5 Å². The number of anilines is 1. The fourth-order valence-corrected chi connectivity index (χ4v) is 1.73. The quantitative estimate of drug-likeness (QED) is 0.705. The molecule has 1 aromatic carbocycles. The Balaban J connectivity index is 2.24. The van der Waals surface area contributed by atoms with Gasteiger partial charge in [-0.05, 0) is 25.0 Å². The third kappa shape index (κ3) is 1.57. The van der Waals surface area contributed by atoms with Gasteiger partial charge in [0.15, 0.2) is 0 Å². The molecule has 0 saturated carbocycles. The Labute approximate surface area is 78.0 Å². The molecule has 1 atom stereocenters. The Morgan fingerprint density at radius 3 is 3.00 bits per heavy atom. The van der Waals surface area contributed by atoms with Gasteiger partial charge in [0.05, 0.1) is 0 Å². The normalized spacial score (nSPS) is 20.2. The summed E-state index contributed by atoms with van der Waals surface area (Å²) in [6.07, 6.45) is 0.887. The van der Waals surface area contributed by atoms with Crippen LogP contribution in [0.25, 0.3) is 0 Å². The number of benzene rings is 1. The number of hydrogen-bond donors (Lipinski definition) is 1. The van der Waals surface area contributed by atoms with Crippen LogP contribution in [0.15, 0.2) is 24.3 Å². The minimum atomic E-state index is 0.162. The van der Waals surface area contributed by atoms with E-state index in [0.29, 0.717) is 0 Å². The monoisotopic (exact) mass is 175 g/mol. The first kappa shape index (κ1) is 8.30. The number of hydrogen-bond acceptors (Lipinski definition) is 2. The van der Waals surface area contributed by atoms with Crippen LogP contribution in [0, 0.1) is 5.92 Å². The van der Waals surface area contributed by atoms with Crippen molar-refractivity contribution in [1.29, 1.82) is 0 Å². The van der Waals surface area contributed by atoms with Gasteiger partial charge >= 0.3 is 0 Å². The first-order valence-corrected chi connectivity index (χ1v) is 4.59. The molecule has 0 radical (unpaired) electrons. The molecule has 0 aromatic heterocycles. The van der Waals surface area contributed by atoms with Crippen LogP contribution >= 0.6 is 0 Å². The number of para-hydroxylation sites is 1. The van der Waals surface area contributed by atoms with Crippen LogP contribution in [0.3, 0.4) is 0 Å². The van der Waals surface area contributed by atoms with Gasteiger partial charge in [0.2, 0.25) is 0 Å². The Hall–Kier alpha value is -1.31. The van der Waals surface area contributed by atoms with Gasteiger partial charge < -0.3 is 5.32 Å². The minimum absolute atomic E-state index is 0.162. The van der Waals surface area contributed by atoms with E-state index in [2.05, 4.69) is 17.4 Å². The lowest BCUT2D eigenvalue weighted by atomic mass is 9.91. The summed E-state index contributed by atoms with van der Waals surface area (Å²) in [4.78, 5) is 11.2. The smallest absolute Gasteiger partial charge is 0.134 e. The average Bonchev–Trinajstić information content (AvgIpc) is 2.17. The highest BCUT2D eigenvalue weighted by Crippen LogP contribution is 2.24. The molecule has 0 aliphatic carbocycles. The molecule has 68 valence electrons. The predicted octanol–water partition coefficient (Wildman–Crippen LogP) is 1.86. The van der Waals surface area contributed by atoms with Crippen LogP contribution in [0.5, 0.6) is 0 Å². The van der Waals surface area contributed by atoms with Crippen LogP contribution in [0.2, 0.25) is 0 Å². The molecule has 0 fully saturated rings. The fraction of sp³-hybridized carbons (Fsp3) is 0.364. The van der Waals surface area contributed by atoms with E-state index in [4.69, 9.17) is 0 Å². The van der Waals surface area contributed by atoms with E-state index >= 15 is 0 Å². The Morgan fingerprint density at radius 1 is 1.46 bits per heavy atom. The number of carbonyl (C=O) groups is 1. The highest BCUT2D eigenvalue weighted by atomic mass is 16.1. The summed E-state index contributed by atoms with van der Waals surface area (Å²) in [6, 6.07) is 8.17. The van der Waals surface area contributed by atoms with E-state index in [-0.39, 0.29) is 11.7 Å². The summed E-state index contributed by atoms with van der Waals surface area (Å²) < 4.78 is 0. The first-order chi connectivity index (χ1) is 6.27. The second-order valence-corrected chi connectivity index (χ2v) is 3.55. The molecular formula is C11H13NO. The van der Waals surface area contributed by atoms with Gasteiger partial charge in [0.25, 0.3) is 0 Å². The van der Waals surface area contributed by atoms with Crippen LogP contribution < -0.4 is 5.32 Å². The summed E-state index contributed by atoms with van der Waals surface area (Å²) in [5, 5.41) is 3.27. The maximum absolute atomic E-state index is 11.2. The molecule has 1 heterocycles. The number of carbonyl (C=O) groups excluding carboxylic acids is 1. The Kier molecular flexibility index (Phi) is 2.05. The van der Waals surface area contributed by atoms with E-state index in [1.165, 1.54) is 11.3 Å². The molecule has 0 unspecified atom stereocenters. The van der Waals surface area contributed by atoms with Crippen molar-refractivity contribution in [3.63, 3.8) is 0 Å². The largest absolute Gasteiger partial charge is 0.384 e. The van der Waals surface area contributed by atoms with Crippen molar-refractivity contribution in [3.8, 4) is 0 Å². The van der Waals surface area contributed by atoms with E-state index in [9.17, 15) is 4.79 Å². The predicted molar refractivity (Wildman–Crippen MR) is 52.8 cm³/mol. The van der Waals surface area contributed by atoms with Gasteiger partial charge in [-0.2, -0.15) is 0 Å². The van der Waals surface area contributed by atoms with E-state index in [1.54, 1.807) is 6.92 Å². The summed E-state index contributed by atoms with van der Waals surface area (Å²) >= 11 is 0. The molecule has 2 rings (SSSR count). The molecule has 0 spiro atoms. The zero-order valence-corrected chi connectivity index (χ0v) is 7.71. The van der Waals surface area contributed by atoms with Crippen molar-refractivity contribution >= 4 is 11.5 Å². The fourth-order valence-electron chi connectivity index (χ4n) is 1.73. The zero-order chi connectivity index (χ0) is 9.26. The van der Waals surface area contributed by atoms with Crippen molar-refractivity contribution < 1.29 is 4.79 Å². The number of rotatable bonds is 1. The number of nitrogens with one attached hydrogen (secondary N) is 1. The standard InChI is InChI=1S/C11H13NO/c1-8(13)10-6-9-4-2-3-5-11(9)12-7-10/h2-5,10,12H,6-7H2,1H3/t10-/m1/s1. The minimum Gasteiger partial charge on any atom is -0.384 e. The lowest BCUT2D eigenvalue weighted by Gasteiger charge is -2.23. The maximum atomic E-state index is 11.2. The van der Waals surface area contributed by atoms with Crippen LogP contribution in [0.4, 0.5) is 5.69 Å². The van der Waals surface area contributed by atoms with Gasteiger partial charge in [0, 0.05) is 18.2 Å². The SMILES string of the molecule is CC(=O)[C@H]1CNc2ccccc2C1. The Morgan fingerprint density at radius 2 is 2.23 bits per heavy atom. The third-order valence-corrected chi connectivity index (χ3v) is 2.60. The highest BCUT2D eigenvalue weighted by Gasteiger charge is 2.20. The molecule has 1 aromatic rings. The maximum Gasteiger partial charge on any atom is 0.134 e. The van der Waals surface area contributed by atoms with Gasteiger partial charge in [-0.3, -0.25) is 4.79 Å². The van der Waals surface area contributed by atoms with Crippen LogP contribution in [-0.2, 0) is 11.2 Å². The second-order valence-electron chi connectivity index (χ2n) is 3.55. The van der Waals surface area contributed by atoms with Gasteiger partial charge in [-0.1, -0.05) is 18.2 Å². The lowest BCUT2D eigenvalue weighted by Crippen LogP contribution is -2.28. The Bertz CT molecular complexity index is 333. The zero-order valence-electron chi connectivity index (χ0n) is 7.71. The molecule has 13 heavy (non-hydrogen) atoms. The van der Waals surface area contributed by atoms with Crippen molar-refractivity contribution in [2.75, 3.05) is 11.9 Å². The molecule has 2 heteroatoms. The summed E-state index contributed by atoms with van der Waals surface area (Å²) in [6.45, 7) is 2.45. The molecule has 0 bridgehead atoms. The van der Waals surface area contributed by atoms with Gasteiger partial charge in [0.1, 0.15) is 5.78 Å². The van der Waals surface area contributed by atoms with Crippen LogP contribution in [-0.4, -0.2) is 12.3 Å². The summed E-state index contributed by atoms with van der Waals surface area (Å²) in [5.41, 5.74) is 2.44. The van der Waals surface area contributed by atoms with Crippen molar-refractivity contribution in [2.24, 2.45) is 5.92 Å². The van der Waals surface area contributed by atoms with Crippen molar-refractivity contribution in [1.82, 2.24) is 0 Å². The molecular weight excluding hydrogens is 162 g/mol. The second kappa shape index (κ2) is 3.21. The molecule has 1 aliphatic heterocycles. The van der Waals surface area contributed by atoms with Crippen molar-refractivity contribution in [3.05, 3.63) is 29.8 Å². The van der Waals surface area contributed by atoms with E-state index < -0.39 is 0 Å². The van der Waals surface area contributed by atoms with Crippen molar-refractivity contribution in [2.45, 2.75) is 13.3 Å². The van der Waals surface area contributed by atoms with Gasteiger partial charge in [-0.15, -0.1) is 0 Å². The highest BCUT2D eigenvalue weighted by molar-refractivity contribution is 5.80. The number of fused-ring (bicyclic) bond motifs is 1. The lowest BCUT2D eigenvalue weighted by molar-refractivity contribution is -0.120. The molecule has 0 saturated heterocycles. The molecule has 0 amide bonds. The number of ketones is 1. The van der Waals surface area contributed by atoms with Gasteiger partial charge in [-0.25, -0.2) is 0 Å². The first-order valence-electron chi connectivity index (χ1n) is 4.59. The summed E-state index contributed by atoms with van der Waals surface area (Å²) in [5.74, 6) is 0.442. The molecule has 2 nitrogen and oxygen atoms in total. The molecule has 1 aliphatic rings. The average molecular weight is 175 g/mol. The molecule has 1 N–H and O–H groups in total. The summed E-state index contributed by atoms with van der Waals surface area (Å²) in [7, 11) is 0. The van der Waals surface area contributed by atoms with E-state index in [0.717, 1.165) is 13.0 Å². The third-order valence-electron chi connectivity index (χ3n) is 2.60. The van der Waals surface area contributed by atoms with E-state index in [1.807, 2.05) is 12.1 Å².